The molecule has 2 nitrogen and oxygen atoms in total. The van der Waals surface area contributed by atoms with E-state index in [4.69, 9.17) is 5.11 Å². The number of aliphatic hydroxyl groups is 2. The molecule has 0 heterocycles. The van der Waals surface area contributed by atoms with Crippen molar-refractivity contribution >= 4 is 0 Å². The highest BCUT2D eigenvalue weighted by molar-refractivity contribution is 4.68. The maximum Gasteiger partial charge on any atom is 0.0569 e. The molecule has 0 rings (SSSR count). The fourth-order valence-electron chi connectivity index (χ4n) is 1.73. The summed E-state index contributed by atoms with van der Waals surface area (Å²) in [7, 11) is 0. The van der Waals surface area contributed by atoms with Crippen molar-refractivity contribution in [3.8, 4) is 0 Å². The zero-order valence-corrected chi connectivity index (χ0v) is 9.87. The van der Waals surface area contributed by atoms with Gasteiger partial charge in [-0.15, -0.1) is 0 Å². The molecule has 0 aromatic heterocycles. The first-order valence-electron chi connectivity index (χ1n) is 5.94. The standard InChI is InChI=1S/C12H26O2/c1-4-10(3)6-7-12(14)11(5-2)8-9-13/h10-14H,4-9H2,1-3H3. The second kappa shape index (κ2) is 8.25. The molecule has 0 aliphatic rings. The third-order valence-corrected chi connectivity index (χ3v) is 3.22. The van der Waals surface area contributed by atoms with Crippen molar-refractivity contribution in [3.63, 3.8) is 0 Å². The Morgan fingerprint density at radius 2 is 1.64 bits per heavy atom. The second-order valence-electron chi connectivity index (χ2n) is 4.34. The largest absolute Gasteiger partial charge is 0.396 e. The van der Waals surface area contributed by atoms with E-state index >= 15 is 0 Å². The number of rotatable bonds is 8. The molecule has 3 atom stereocenters. The molecule has 86 valence electrons. The van der Waals surface area contributed by atoms with E-state index in [1.165, 1.54) is 6.42 Å². The van der Waals surface area contributed by atoms with Gasteiger partial charge in [0.05, 0.1) is 6.10 Å². The first-order chi connectivity index (χ1) is 6.65. The van der Waals surface area contributed by atoms with Crippen LogP contribution in [0.3, 0.4) is 0 Å². The monoisotopic (exact) mass is 202 g/mol. The fourth-order valence-corrected chi connectivity index (χ4v) is 1.73. The van der Waals surface area contributed by atoms with E-state index in [2.05, 4.69) is 20.8 Å². The zero-order chi connectivity index (χ0) is 11.0. The van der Waals surface area contributed by atoms with Crippen LogP contribution in [0.1, 0.15) is 52.9 Å². The highest BCUT2D eigenvalue weighted by Crippen LogP contribution is 2.20. The Balaban J connectivity index is 3.73. The van der Waals surface area contributed by atoms with E-state index in [1.807, 2.05) is 0 Å². The minimum atomic E-state index is -0.221. The molecule has 2 N–H and O–H groups in total. The molecule has 0 aromatic rings. The van der Waals surface area contributed by atoms with Gasteiger partial charge in [-0.3, -0.25) is 0 Å². The third kappa shape index (κ3) is 5.61. The molecule has 0 aliphatic heterocycles. The molecule has 0 saturated carbocycles. The second-order valence-corrected chi connectivity index (χ2v) is 4.34. The maximum absolute atomic E-state index is 9.87. The van der Waals surface area contributed by atoms with Crippen molar-refractivity contribution in [1.82, 2.24) is 0 Å². The summed E-state index contributed by atoms with van der Waals surface area (Å²) in [5.74, 6) is 0.986. The van der Waals surface area contributed by atoms with E-state index in [0.29, 0.717) is 5.92 Å². The van der Waals surface area contributed by atoms with Gasteiger partial charge in [-0.05, 0) is 31.1 Å². The Hall–Kier alpha value is -0.0800. The van der Waals surface area contributed by atoms with Crippen molar-refractivity contribution in [2.45, 2.75) is 59.0 Å². The Morgan fingerprint density at radius 1 is 1.00 bits per heavy atom. The van der Waals surface area contributed by atoms with Crippen LogP contribution in [0.2, 0.25) is 0 Å². The molecule has 14 heavy (non-hydrogen) atoms. The average Bonchev–Trinajstić information content (AvgIpc) is 2.21. The Bertz CT molecular complexity index is 125. The summed E-state index contributed by atoms with van der Waals surface area (Å²) in [6, 6.07) is 0. The summed E-state index contributed by atoms with van der Waals surface area (Å²) in [6.45, 7) is 6.67. The summed E-state index contributed by atoms with van der Waals surface area (Å²) in [5.41, 5.74) is 0. The Kier molecular flexibility index (Phi) is 8.20. The summed E-state index contributed by atoms with van der Waals surface area (Å²) in [4.78, 5) is 0. The molecule has 0 aliphatic carbocycles. The average molecular weight is 202 g/mol. The highest BCUT2D eigenvalue weighted by Gasteiger charge is 2.17. The third-order valence-electron chi connectivity index (χ3n) is 3.22. The molecule has 0 radical (unpaired) electrons. The van der Waals surface area contributed by atoms with Gasteiger partial charge in [0.25, 0.3) is 0 Å². The zero-order valence-electron chi connectivity index (χ0n) is 9.87. The van der Waals surface area contributed by atoms with Crippen LogP contribution in [0.4, 0.5) is 0 Å². The highest BCUT2D eigenvalue weighted by atomic mass is 16.3. The molecule has 2 heteroatoms. The molecule has 0 bridgehead atoms. The minimum Gasteiger partial charge on any atom is -0.396 e. The van der Waals surface area contributed by atoms with E-state index in [0.717, 1.165) is 25.7 Å². The number of aliphatic hydroxyl groups excluding tert-OH is 2. The van der Waals surface area contributed by atoms with Crippen molar-refractivity contribution in [2.75, 3.05) is 6.61 Å². The molecule has 0 fully saturated rings. The summed E-state index contributed by atoms with van der Waals surface area (Å²) >= 11 is 0. The summed E-state index contributed by atoms with van der Waals surface area (Å²) < 4.78 is 0. The molecular weight excluding hydrogens is 176 g/mol. The molecule has 0 amide bonds. The fraction of sp³-hybridized carbons (Fsp3) is 1.00. The first-order valence-corrected chi connectivity index (χ1v) is 5.94. The lowest BCUT2D eigenvalue weighted by atomic mass is 9.90. The minimum absolute atomic E-state index is 0.193. The normalized spacial score (nSPS) is 17.8. The van der Waals surface area contributed by atoms with Gasteiger partial charge in [-0.25, -0.2) is 0 Å². The molecule has 0 saturated heterocycles. The van der Waals surface area contributed by atoms with E-state index in [-0.39, 0.29) is 18.6 Å². The lowest BCUT2D eigenvalue weighted by Crippen LogP contribution is -2.21. The lowest BCUT2D eigenvalue weighted by molar-refractivity contribution is 0.0741. The Morgan fingerprint density at radius 3 is 2.07 bits per heavy atom. The predicted octanol–water partition coefficient (Wildman–Crippen LogP) is 2.58. The molecule has 0 spiro atoms. The van der Waals surface area contributed by atoms with Gasteiger partial charge in [0.1, 0.15) is 0 Å². The van der Waals surface area contributed by atoms with E-state index in [9.17, 15) is 5.11 Å². The van der Waals surface area contributed by atoms with Crippen LogP contribution in [-0.2, 0) is 0 Å². The van der Waals surface area contributed by atoms with Gasteiger partial charge in [0, 0.05) is 6.61 Å². The predicted molar refractivity (Wildman–Crippen MR) is 60.2 cm³/mol. The summed E-state index contributed by atoms with van der Waals surface area (Å²) in [6.07, 6.45) is 4.64. The topological polar surface area (TPSA) is 40.5 Å². The van der Waals surface area contributed by atoms with Crippen LogP contribution in [0.5, 0.6) is 0 Å². The van der Waals surface area contributed by atoms with Crippen LogP contribution in [0.15, 0.2) is 0 Å². The van der Waals surface area contributed by atoms with Crippen molar-refractivity contribution in [1.29, 1.82) is 0 Å². The lowest BCUT2D eigenvalue weighted by Gasteiger charge is -2.21. The van der Waals surface area contributed by atoms with Crippen molar-refractivity contribution < 1.29 is 10.2 Å². The van der Waals surface area contributed by atoms with Crippen molar-refractivity contribution in [3.05, 3.63) is 0 Å². The maximum atomic E-state index is 9.87. The van der Waals surface area contributed by atoms with Crippen LogP contribution >= 0.6 is 0 Å². The van der Waals surface area contributed by atoms with Gasteiger partial charge >= 0.3 is 0 Å². The van der Waals surface area contributed by atoms with Gasteiger partial charge < -0.3 is 10.2 Å². The number of hydrogen-bond donors (Lipinski definition) is 2. The van der Waals surface area contributed by atoms with Gasteiger partial charge in [0.15, 0.2) is 0 Å². The molecule has 3 unspecified atom stereocenters. The van der Waals surface area contributed by atoms with E-state index in [1.54, 1.807) is 0 Å². The van der Waals surface area contributed by atoms with E-state index < -0.39 is 0 Å². The Labute approximate surface area is 88.3 Å². The SMILES string of the molecule is CCC(C)CCC(O)C(CC)CCO. The van der Waals surface area contributed by atoms with Gasteiger partial charge in [0.2, 0.25) is 0 Å². The van der Waals surface area contributed by atoms with Crippen molar-refractivity contribution in [2.24, 2.45) is 11.8 Å². The van der Waals surface area contributed by atoms with Crippen LogP contribution in [0, 0.1) is 11.8 Å². The van der Waals surface area contributed by atoms with Gasteiger partial charge in [-0.2, -0.15) is 0 Å². The quantitative estimate of drug-likeness (QED) is 0.635. The van der Waals surface area contributed by atoms with Crippen LogP contribution < -0.4 is 0 Å². The van der Waals surface area contributed by atoms with Gasteiger partial charge in [-0.1, -0.05) is 33.6 Å². The molecule has 0 aromatic carbocycles. The smallest absolute Gasteiger partial charge is 0.0569 e. The van der Waals surface area contributed by atoms with Crippen LogP contribution in [0.25, 0.3) is 0 Å². The molecular formula is C12H26O2. The van der Waals surface area contributed by atoms with Crippen LogP contribution in [-0.4, -0.2) is 22.9 Å². The number of hydrogen-bond acceptors (Lipinski definition) is 2. The summed E-state index contributed by atoms with van der Waals surface area (Å²) in [5, 5.41) is 18.7. The first kappa shape index (κ1) is 13.9.